The minimum atomic E-state index is -4.47. The van der Waals surface area contributed by atoms with Gasteiger partial charge in [-0.1, -0.05) is 12.1 Å². The topological polar surface area (TPSA) is 80.7 Å². The lowest BCUT2D eigenvalue weighted by atomic mass is 10.0. The normalized spacial score (nSPS) is 11.4. The van der Waals surface area contributed by atoms with E-state index in [2.05, 4.69) is 25.3 Å². The number of hydrogen-bond donors (Lipinski definition) is 1. The summed E-state index contributed by atoms with van der Waals surface area (Å²) in [6, 6.07) is 9.57. The molecule has 0 saturated heterocycles. The number of nitrogens with one attached hydrogen (secondary N) is 1. The number of nitrogens with zero attached hydrogens (tertiary/aromatic N) is 4. The first-order valence-corrected chi connectivity index (χ1v) is 8.41. The van der Waals surface area contributed by atoms with Crippen LogP contribution in [0.1, 0.15) is 16.1 Å². The fraction of sp³-hybridized carbons (Fsp3) is 0.0500. The number of anilines is 1. The van der Waals surface area contributed by atoms with Crippen molar-refractivity contribution in [2.45, 2.75) is 6.18 Å². The molecule has 3 heterocycles. The zero-order chi connectivity index (χ0) is 20.4. The molecule has 4 rings (SSSR count). The summed E-state index contributed by atoms with van der Waals surface area (Å²) in [4.78, 5) is 28.6. The number of rotatable bonds is 3. The number of carbonyl (C=O) groups excluding carboxylic acids is 1. The molecule has 0 fully saturated rings. The van der Waals surface area contributed by atoms with Gasteiger partial charge in [-0.15, -0.1) is 0 Å². The molecular formula is C20H12F3N5O. The Hall–Kier alpha value is -3.88. The Morgan fingerprint density at radius 1 is 1.00 bits per heavy atom. The molecule has 6 nitrogen and oxygen atoms in total. The Bertz CT molecular complexity index is 1200. The van der Waals surface area contributed by atoms with Gasteiger partial charge in [-0.3, -0.25) is 9.78 Å². The molecule has 0 aliphatic rings. The highest BCUT2D eigenvalue weighted by molar-refractivity contribution is 6.04. The summed E-state index contributed by atoms with van der Waals surface area (Å²) in [6.45, 7) is 0. The van der Waals surface area contributed by atoms with Crippen LogP contribution in [-0.4, -0.2) is 25.8 Å². The predicted octanol–water partition coefficient (Wildman–Crippen LogP) is 4.36. The van der Waals surface area contributed by atoms with Gasteiger partial charge in [-0.05, 0) is 35.9 Å². The van der Waals surface area contributed by atoms with E-state index >= 15 is 0 Å². The molecule has 0 bridgehead atoms. The van der Waals surface area contributed by atoms with E-state index in [1.165, 1.54) is 43.1 Å². The van der Waals surface area contributed by atoms with Crippen molar-refractivity contribution in [3.05, 3.63) is 78.6 Å². The Labute approximate surface area is 162 Å². The van der Waals surface area contributed by atoms with Crippen LogP contribution in [0, 0.1) is 0 Å². The van der Waals surface area contributed by atoms with Gasteiger partial charge in [0, 0.05) is 29.5 Å². The Balaban J connectivity index is 1.76. The third-order valence-electron chi connectivity index (χ3n) is 4.16. The van der Waals surface area contributed by atoms with Crippen molar-refractivity contribution in [1.29, 1.82) is 0 Å². The van der Waals surface area contributed by atoms with Crippen molar-refractivity contribution < 1.29 is 18.0 Å². The minimum Gasteiger partial charge on any atom is -0.305 e. The number of alkyl halides is 3. The molecule has 0 aliphatic carbocycles. The number of amides is 1. The first-order valence-electron chi connectivity index (χ1n) is 8.41. The fourth-order valence-electron chi connectivity index (χ4n) is 2.79. The predicted molar refractivity (Wildman–Crippen MR) is 100.0 cm³/mol. The number of benzene rings is 1. The molecular weight excluding hydrogens is 383 g/mol. The molecule has 1 aromatic carbocycles. The van der Waals surface area contributed by atoms with Crippen LogP contribution in [0.4, 0.5) is 19.0 Å². The van der Waals surface area contributed by atoms with Gasteiger partial charge < -0.3 is 5.32 Å². The first-order chi connectivity index (χ1) is 13.9. The van der Waals surface area contributed by atoms with Crippen molar-refractivity contribution in [3.63, 3.8) is 0 Å². The molecule has 0 spiro atoms. The number of carbonyl (C=O) groups is 1. The summed E-state index contributed by atoms with van der Waals surface area (Å²) in [7, 11) is 0. The molecule has 1 amide bonds. The van der Waals surface area contributed by atoms with E-state index in [-0.39, 0.29) is 5.69 Å². The summed E-state index contributed by atoms with van der Waals surface area (Å²) < 4.78 is 39.2. The number of halogens is 3. The van der Waals surface area contributed by atoms with E-state index in [4.69, 9.17) is 0 Å². The standard InChI is InChI=1S/C20H12F3N5O/c21-20(22,23)14-3-1-2-12(8-14)15-10-25-9-13-4-5-16(27-18(13)15)19(29)28-17-6-7-24-11-26-17/h1-11H,(H,24,26,28,29). The molecule has 9 heteroatoms. The van der Waals surface area contributed by atoms with Crippen molar-refractivity contribution in [3.8, 4) is 11.1 Å². The maximum absolute atomic E-state index is 13.1. The molecule has 29 heavy (non-hydrogen) atoms. The molecule has 1 N–H and O–H groups in total. The van der Waals surface area contributed by atoms with Gasteiger partial charge in [0.05, 0.1) is 11.1 Å². The summed E-state index contributed by atoms with van der Waals surface area (Å²) in [6.07, 6.45) is 1.27. The second-order valence-electron chi connectivity index (χ2n) is 6.08. The lowest BCUT2D eigenvalue weighted by Gasteiger charge is -2.11. The van der Waals surface area contributed by atoms with Crippen LogP contribution in [0.5, 0.6) is 0 Å². The quantitative estimate of drug-likeness (QED) is 0.558. The van der Waals surface area contributed by atoms with E-state index in [0.717, 1.165) is 12.1 Å². The third kappa shape index (κ3) is 3.88. The fourth-order valence-corrected chi connectivity index (χ4v) is 2.79. The van der Waals surface area contributed by atoms with Crippen molar-refractivity contribution in [1.82, 2.24) is 19.9 Å². The Morgan fingerprint density at radius 3 is 2.62 bits per heavy atom. The largest absolute Gasteiger partial charge is 0.416 e. The molecule has 0 radical (unpaired) electrons. The van der Waals surface area contributed by atoms with Gasteiger partial charge >= 0.3 is 6.18 Å². The van der Waals surface area contributed by atoms with Crippen LogP contribution in [0.3, 0.4) is 0 Å². The Morgan fingerprint density at radius 2 is 1.86 bits per heavy atom. The van der Waals surface area contributed by atoms with Crippen LogP contribution in [0.25, 0.3) is 22.0 Å². The molecule has 4 aromatic rings. The number of aromatic nitrogens is 4. The molecule has 144 valence electrons. The third-order valence-corrected chi connectivity index (χ3v) is 4.16. The first kappa shape index (κ1) is 18.5. The summed E-state index contributed by atoms with van der Waals surface area (Å²) in [5.41, 5.74) is 0.388. The molecule has 0 unspecified atom stereocenters. The van der Waals surface area contributed by atoms with Crippen LogP contribution >= 0.6 is 0 Å². The van der Waals surface area contributed by atoms with Crippen molar-refractivity contribution in [2.75, 3.05) is 5.32 Å². The van der Waals surface area contributed by atoms with E-state index in [1.54, 1.807) is 12.1 Å². The number of pyridine rings is 2. The molecule has 0 aliphatic heterocycles. The minimum absolute atomic E-state index is 0.0931. The number of fused-ring (bicyclic) bond motifs is 1. The maximum atomic E-state index is 13.1. The smallest absolute Gasteiger partial charge is 0.305 e. The summed E-state index contributed by atoms with van der Waals surface area (Å²) in [5.74, 6) is -0.197. The van der Waals surface area contributed by atoms with Gasteiger partial charge in [0.2, 0.25) is 0 Å². The van der Waals surface area contributed by atoms with Crippen molar-refractivity contribution in [2.24, 2.45) is 0 Å². The molecule has 3 aromatic heterocycles. The van der Waals surface area contributed by atoms with E-state index in [1.807, 2.05) is 0 Å². The second kappa shape index (κ2) is 7.27. The van der Waals surface area contributed by atoms with Gasteiger partial charge in [0.15, 0.2) is 0 Å². The highest BCUT2D eigenvalue weighted by Crippen LogP contribution is 2.33. The zero-order valence-electron chi connectivity index (χ0n) is 14.7. The van der Waals surface area contributed by atoms with Gasteiger partial charge in [0.1, 0.15) is 17.8 Å². The zero-order valence-corrected chi connectivity index (χ0v) is 14.7. The monoisotopic (exact) mass is 395 g/mol. The summed E-state index contributed by atoms with van der Waals surface area (Å²) >= 11 is 0. The molecule has 0 saturated carbocycles. The van der Waals surface area contributed by atoms with E-state index in [0.29, 0.717) is 27.8 Å². The lowest BCUT2D eigenvalue weighted by molar-refractivity contribution is -0.137. The van der Waals surface area contributed by atoms with Crippen LogP contribution in [0.15, 0.2) is 67.4 Å². The molecule has 0 atom stereocenters. The Kier molecular flexibility index (Phi) is 4.63. The van der Waals surface area contributed by atoms with E-state index < -0.39 is 17.6 Å². The average Bonchev–Trinajstić information content (AvgIpc) is 2.73. The average molecular weight is 395 g/mol. The van der Waals surface area contributed by atoms with Gasteiger partial charge in [0.25, 0.3) is 5.91 Å². The highest BCUT2D eigenvalue weighted by Gasteiger charge is 2.30. The maximum Gasteiger partial charge on any atom is 0.416 e. The summed E-state index contributed by atoms with van der Waals surface area (Å²) in [5, 5.41) is 3.19. The van der Waals surface area contributed by atoms with Crippen LogP contribution in [0.2, 0.25) is 0 Å². The number of hydrogen-bond acceptors (Lipinski definition) is 5. The lowest BCUT2D eigenvalue weighted by Crippen LogP contribution is -2.14. The van der Waals surface area contributed by atoms with Crippen LogP contribution in [-0.2, 0) is 6.18 Å². The second-order valence-corrected chi connectivity index (χ2v) is 6.08. The highest BCUT2D eigenvalue weighted by atomic mass is 19.4. The van der Waals surface area contributed by atoms with Gasteiger partial charge in [-0.2, -0.15) is 13.2 Å². The van der Waals surface area contributed by atoms with Gasteiger partial charge in [-0.25, -0.2) is 15.0 Å². The SMILES string of the molecule is O=C(Nc1ccncn1)c1ccc2cncc(-c3cccc(C(F)(F)F)c3)c2n1. The van der Waals surface area contributed by atoms with Crippen molar-refractivity contribution >= 4 is 22.6 Å². The van der Waals surface area contributed by atoms with Crippen LogP contribution < -0.4 is 5.32 Å². The van der Waals surface area contributed by atoms with E-state index in [9.17, 15) is 18.0 Å².